The predicted octanol–water partition coefficient (Wildman–Crippen LogP) is 4.01. The van der Waals surface area contributed by atoms with Crippen molar-refractivity contribution in [3.05, 3.63) is 64.4 Å². The molecule has 19 heavy (non-hydrogen) atoms. The van der Waals surface area contributed by atoms with E-state index in [1.54, 1.807) is 30.3 Å². The molecule has 2 aromatic rings. The summed E-state index contributed by atoms with van der Waals surface area (Å²) in [5.74, 6) is -0.192. The Labute approximate surface area is 116 Å². The molecule has 96 valence electrons. The van der Waals surface area contributed by atoms with Crippen LogP contribution in [0.2, 0.25) is 5.02 Å². The highest BCUT2D eigenvalue weighted by Gasteiger charge is 2.02. The van der Waals surface area contributed by atoms with Gasteiger partial charge in [-0.3, -0.25) is 0 Å². The van der Waals surface area contributed by atoms with Gasteiger partial charge in [-0.25, -0.2) is 4.39 Å². The van der Waals surface area contributed by atoms with Gasteiger partial charge in [0.25, 0.3) is 0 Å². The molecular formula is C15H12ClFN2. The molecule has 0 saturated carbocycles. The molecule has 0 radical (unpaired) electrons. The van der Waals surface area contributed by atoms with Crippen molar-refractivity contribution in [2.75, 3.05) is 11.9 Å². The van der Waals surface area contributed by atoms with Gasteiger partial charge in [0.05, 0.1) is 10.6 Å². The molecule has 2 aromatic carbocycles. The zero-order chi connectivity index (χ0) is 13.7. The van der Waals surface area contributed by atoms with Crippen molar-refractivity contribution in [3.63, 3.8) is 0 Å². The van der Waals surface area contributed by atoms with Crippen LogP contribution in [0.25, 0.3) is 0 Å². The maximum Gasteiger partial charge on any atom is 0.126 e. The minimum Gasteiger partial charge on any atom is -0.385 e. The highest BCUT2D eigenvalue weighted by molar-refractivity contribution is 6.32. The molecule has 0 unspecified atom stereocenters. The molecule has 0 aliphatic heterocycles. The molecule has 0 aliphatic carbocycles. The molecule has 1 N–H and O–H groups in total. The van der Waals surface area contributed by atoms with Gasteiger partial charge in [0.2, 0.25) is 0 Å². The van der Waals surface area contributed by atoms with E-state index in [0.29, 0.717) is 29.1 Å². The van der Waals surface area contributed by atoms with Gasteiger partial charge >= 0.3 is 0 Å². The minimum atomic E-state index is -0.192. The third-order valence-electron chi connectivity index (χ3n) is 2.77. The summed E-state index contributed by atoms with van der Waals surface area (Å²) in [7, 11) is 0. The first-order valence-corrected chi connectivity index (χ1v) is 6.25. The average molecular weight is 275 g/mol. The van der Waals surface area contributed by atoms with E-state index in [1.165, 1.54) is 6.07 Å². The van der Waals surface area contributed by atoms with Gasteiger partial charge in [-0.05, 0) is 36.2 Å². The van der Waals surface area contributed by atoms with Crippen LogP contribution in [-0.2, 0) is 6.42 Å². The van der Waals surface area contributed by atoms with Crippen LogP contribution >= 0.6 is 11.6 Å². The van der Waals surface area contributed by atoms with Gasteiger partial charge in [0.15, 0.2) is 0 Å². The van der Waals surface area contributed by atoms with E-state index in [9.17, 15) is 4.39 Å². The molecule has 2 nitrogen and oxygen atoms in total. The van der Waals surface area contributed by atoms with Crippen LogP contribution in [0.3, 0.4) is 0 Å². The summed E-state index contributed by atoms with van der Waals surface area (Å²) in [5.41, 5.74) is 1.94. The molecular weight excluding hydrogens is 263 g/mol. The number of hydrogen-bond acceptors (Lipinski definition) is 2. The van der Waals surface area contributed by atoms with Crippen molar-refractivity contribution in [2.24, 2.45) is 0 Å². The van der Waals surface area contributed by atoms with Gasteiger partial charge < -0.3 is 5.32 Å². The van der Waals surface area contributed by atoms with E-state index in [4.69, 9.17) is 16.9 Å². The Hall–Kier alpha value is -2.05. The van der Waals surface area contributed by atoms with Crippen molar-refractivity contribution in [1.82, 2.24) is 0 Å². The van der Waals surface area contributed by atoms with Crippen molar-refractivity contribution in [3.8, 4) is 6.07 Å². The number of anilines is 1. The minimum absolute atomic E-state index is 0.192. The Kier molecular flexibility index (Phi) is 4.38. The smallest absolute Gasteiger partial charge is 0.126 e. The molecule has 0 bridgehead atoms. The number of nitrogens with zero attached hydrogens (tertiary/aromatic N) is 1. The number of nitrogens with one attached hydrogen (secondary N) is 1. The van der Waals surface area contributed by atoms with E-state index in [2.05, 4.69) is 5.32 Å². The summed E-state index contributed by atoms with van der Waals surface area (Å²) in [6.07, 6.45) is 0.588. The number of hydrogen-bond donors (Lipinski definition) is 1. The van der Waals surface area contributed by atoms with Crippen molar-refractivity contribution < 1.29 is 4.39 Å². The largest absolute Gasteiger partial charge is 0.385 e. The quantitative estimate of drug-likeness (QED) is 0.914. The Bertz CT molecular complexity index is 620. The lowest BCUT2D eigenvalue weighted by atomic mass is 10.1. The fourth-order valence-electron chi connectivity index (χ4n) is 1.76. The van der Waals surface area contributed by atoms with Gasteiger partial charge in [-0.1, -0.05) is 29.8 Å². The lowest BCUT2D eigenvalue weighted by molar-refractivity contribution is 0.610. The average Bonchev–Trinajstić information content (AvgIpc) is 2.41. The monoisotopic (exact) mass is 274 g/mol. The first-order valence-electron chi connectivity index (χ1n) is 5.87. The standard InChI is InChI=1S/C15H12ClFN2/c16-14-9-13(6-5-12(14)10-18)19-8-7-11-3-1-2-4-15(11)17/h1-6,9,19H,7-8H2. The highest BCUT2D eigenvalue weighted by Crippen LogP contribution is 2.20. The van der Waals surface area contributed by atoms with Gasteiger partial charge in [0.1, 0.15) is 11.9 Å². The van der Waals surface area contributed by atoms with E-state index in [0.717, 1.165) is 5.69 Å². The molecule has 0 amide bonds. The van der Waals surface area contributed by atoms with Gasteiger partial charge in [-0.15, -0.1) is 0 Å². The zero-order valence-electron chi connectivity index (χ0n) is 10.2. The maximum absolute atomic E-state index is 13.4. The first kappa shape index (κ1) is 13.4. The number of nitriles is 1. The summed E-state index contributed by atoms with van der Waals surface area (Å²) in [5, 5.41) is 12.3. The summed E-state index contributed by atoms with van der Waals surface area (Å²) >= 11 is 5.93. The van der Waals surface area contributed by atoms with Gasteiger partial charge in [-0.2, -0.15) is 5.26 Å². The molecule has 2 rings (SSSR count). The van der Waals surface area contributed by atoms with Crippen molar-refractivity contribution >= 4 is 17.3 Å². The second-order valence-electron chi connectivity index (χ2n) is 4.07. The van der Waals surface area contributed by atoms with Crippen LogP contribution in [0.15, 0.2) is 42.5 Å². The van der Waals surface area contributed by atoms with E-state index in [1.807, 2.05) is 12.1 Å². The van der Waals surface area contributed by atoms with Crippen LogP contribution in [-0.4, -0.2) is 6.54 Å². The summed E-state index contributed by atoms with van der Waals surface area (Å²) in [6, 6.07) is 13.9. The summed E-state index contributed by atoms with van der Waals surface area (Å²) in [4.78, 5) is 0. The topological polar surface area (TPSA) is 35.8 Å². The Morgan fingerprint density at radius 1 is 1.21 bits per heavy atom. The lowest BCUT2D eigenvalue weighted by Crippen LogP contribution is -2.06. The molecule has 0 aliphatic rings. The Morgan fingerprint density at radius 2 is 2.00 bits per heavy atom. The zero-order valence-corrected chi connectivity index (χ0v) is 10.9. The molecule has 0 aromatic heterocycles. The molecule has 0 fully saturated rings. The third kappa shape index (κ3) is 3.46. The van der Waals surface area contributed by atoms with Crippen molar-refractivity contribution in [2.45, 2.75) is 6.42 Å². The molecule has 0 heterocycles. The Morgan fingerprint density at radius 3 is 2.68 bits per heavy atom. The predicted molar refractivity (Wildman–Crippen MR) is 74.8 cm³/mol. The molecule has 4 heteroatoms. The highest BCUT2D eigenvalue weighted by atomic mass is 35.5. The van der Waals surface area contributed by atoms with Crippen molar-refractivity contribution in [1.29, 1.82) is 5.26 Å². The summed E-state index contributed by atoms with van der Waals surface area (Å²) < 4.78 is 13.4. The number of rotatable bonds is 4. The maximum atomic E-state index is 13.4. The van der Waals surface area contributed by atoms with Crippen LogP contribution < -0.4 is 5.32 Å². The Balaban J connectivity index is 1.95. The van der Waals surface area contributed by atoms with Crippen LogP contribution in [0.1, 0.15) is 11.1 Å². The SMILES string of the molecule is N#Cc1ccc(NCCc2ccccc2F)cc1Cl. The first-order chi connectivity index (χ1) is 9.20. The third-order valence-corrected chi connectivity index (χ3v) is 3.08. The van der Waals surface area contributed by atoms with E-state index < -0.39 is 0 Å². The number of benzene rings is 2. The van der Waals surface area contributed by atoms with Crippen LogP contribution in [0, 0.1) is 17.1 Å². The fourth-order valence-corrected chi connectivity index (χ4v) is 1.98. The second-order valence-corrected chi connectivity index (χ2v) is 4.48. The normalized spacial score (nSPS) is 9.95. The fraction of sp³-hybridized carbons (Fsp3) is 0.133. The van der Waals surface area contributed by atoms with Crippen LogP contribution in [0.4, 0.5) is 10.1 Å². The molecule has 0 saturated heterocycles. The van der Waals surface area contributed by atoms with Crippen LogP contribution in [0.5, 0.6) is 0 Å². The molecule has 0 atom stereocenters. The second kappa shape index (κ2) is 6.21. The lowest BCUT2D eigenvalue weighted by Gasteiger charge is -2.08. The van der Waals surface area contributed by atoms with E-state index >= 15 is 0 Å². The van der Waals surface area contributed by atoms with E-state index in [-0.39, 0.29) is 5.82 Å². The molecule has 0 spiro atoms. The summed E-state index contributed by atoms with van der Waals surface area (Å²) in [6.45, 7) is 0.600. The number of halogens is 2. The van der Waals surface area contributed by atoms with Gasteiger partial charge in [0, 0.05) is 12.2 Å².